The summed E-state index contributed by atoms with van der Waals surface area (Å²) < 4.78 is 24.3. The highest BCUT2D eigenvalue weighted by Crippen LogP contribution is 2.51. The Morgan fingerprint density at radius 3 is 2.67 bits per heavy atom. The molecule has 2 saturated heterocycles. The molecule has 0 bridgehead atoms. The molecule has 5 fully saturated rings. The fourth-order valence-electron chi connectivity index (χ4n) is 8.90. The molecule has 0 aromatic carbocycles. The van der Waals surface area contributed by atoms with E-state index in [4.69, 9.17) is 10.5 Å². The highest BCUT2D eigenvalue weighted by atomic mass is 19.1. The Morgan fingerprint density at radius 2 is 1.95 bits per heavy atom. The minimum absolute atomic E-state index is 0.0245. The highest BCUT2D eigenvalue weighted by molar-refractivity contribution is 6.21. The molecule has 0 amide bonds. The fourth-order valence-corrected chi connectivity index (χ4v) is 8.90. The van der Waals surface area contributed by atoms with E-state index in [0.717, 1.165) is 25.8 Å². The fraction of sp³-hybridized carbons (Fsp3) is 0.759. The van der Waals surface area contributed by atoms with Crippen LogP contribution in [0.15, 0.2) is 18.1 Å². The van der Waals surface area contributed by atoms with Gasteiger partial charge in [0.05, 0.1) is 53.9 Å². The number of aryl methyl sites for hydroxylation is 1. The highest BCUT2D eigenvalue weighted by Gasteiger charge is 2.61. The molecule has 1 aromatic rings. The first-order valence-electron chi connectivity index (χ1n) is 14.9. The van der Waals surface area contributed by atoms with Crippen LogP contribution in [0.3, 0.4) is 0 Å². The number of aliphatic hydroxyl groups is 1. The van der Waals surface area contributed by atoms with Gasteiger partial charge >= 0.3 is 0 Å². The Hall–Kier alpha value is -2.14. The van der Waals surface area contributed by atoms with Crippen molar-refractivity contribution in [2.75, 3.05) is 13.1 Å². The van der Waals surface area contributed by atoms with Gasteiger partial charge in [-0.15, -0.1) is 0 Å². The lowest BCUT2D eigenvalue weighted by molar-refractivity contribution is -0.219. The van der Waals surface area contributed by atoms with Crippen molar-refractivity contribution < 1.29 is 23.8 Å². The third-order valence-corrected chi connectivity index (χ3v) is 10.8. The summed E-state index contributed by atoms with van der Waals surface area (Å²) in [6.07, 6.45) is 9.13. The van der Waals surface area contributed by atoms with E-state index >= 15 is 4.39 Å². The molecule has 4 heterocycles. The van der Waals surface area contributed by atoms with Crippen molar-refractivity contribution in [2.45, 2.75) is 107 Å². The van der Waals surface area contributed by atoms with Gasteiger partial charge in [-0.25, -0.2) is 9.37 Å². The maximum absolute atomic E-state index is 16.1. The van der Waals surface area contributed by atoms with Gasteiger partial charge in [0.1, 0.15) is 12.5 Å². The number of hydrogen-bond acceptors (Lipinski definition) is 8. The number of likely N-dealkylation sites (tertiary alicyclic amines) is 1. The Bertz CT molecular complexity index is 1190. The molecule has 3 aliphatic heterocycles. The summed E-state index contributed by atoms with van der Waals surface area (Å²) in [5.74, 6) is -0.251. The number of ketones is 1. The number of halogens is 1. The van der Waals surface area contributed by atoms with E-state index in [-0.39, 0.29) is 48.6 Å². The SMILES string of the molecule is Cc1ncn(C(=O)C2=CN3C4CC5CCCCC5CC4OC4C(N5CCC(N)C5)C(F)CC(C2=O)C43)c1CO. The van der Waals surface area contributed by atoms with Crippen LogP contribution >= 0.6 is 0 Å². The lowest BCUT2D eigenvalue weighted by atomic mass is 9.64. The van der Waals surface area contributed by atoms with Gasteiger partial charge in [-0.05, 0) is 44.4 Å². The van der Waals surface area contributed by atoms with Gasteiger partial charge in [-0.2, -0.15) is 0 Å². The standard InChI is InChI=1S/C29H40FN5O4/c1-15-23(13-36)35(14-32-15)29(38)20-12-34-22-8-16-4-2-3-5-17(16)9-24(22)39-28-25(34)19(27(20)37)10-21(30)26(28)33-7-6-18(31)11-33/h12,14,16-19,21-22,24-26,28,36H,2-11,13,31H2,1H3. The van der Waals surface area contributed by atoms with Crippen molar-refractivity contribution in [1.29, 1.82) is 0 Å². The van der Waals surface area contributed by atoms with Crippen LogP contribution in [0.1, 0.15) is 67.5 Å². The number of ether oxygens (including phenoxy) is 1. The van der Waals surface area contributed by atoms with E-state index in [1.807, 2.05) is 0 Å². The van der Waals surface area contributed by atoms with E-state index in [2.05, 4.69) is 14.8 Å². The maximum Gasteiger partial charge on any atom is 0.268 e. The van der Waals surface area contributed by atoms with Crippen LogP contribution in [-0.2, 0) is 16.1 Å². The van der Waals surface area contributed by atoms with Crippen molar-refractivity contribution in [2.24, 2.45) is 23.5 Å². The number of nitrogens with two attached hydrogens (primary N) is 1. The molecule has 0 radical (unpaired) electrons. The quantitative estimate of drug-likeness (QED) is 0.559. The van der Waals surface area contributed by atoms with Gasteiger partial charge in [-0.1, -0.05) is 25.7 Å². The van der Waals surface area contributed by atoms with Crippen molar-refractivity contribution >= 4 is 11.7 Å². The zero-order valence-electron chi connectivity index (χ0n) is 22.6. The third-order valence-electron chi connectivity index (χ3n) is 10.8. The Labute approximate surface area is 228 Å². The summed E-state index contributed by atoms with van der Waals surface area (Å²) in [6, 6.07) is -0.658. The van der Waals surface area contributed by atoms with E-state index in [1.54, 1.807) is 13.1 Å². The van der Waals surface area contributed by atoms with E-state index < -0.39 is 30.1 Å². The largest absolute Gasteiger partial charge is 0.390 e. The average molecular weight is 542 g/mol. The molecular formula is C29H40FN5O4. The first-order chi connectivity index (χ1) is 18.9. The van der Waals surface area contributed by atoms with Gasteiger partial charge in [0.25, 0.3) is 5.91 Å². The van der Waals surface area contributed by atoms with E-state index in [1.165, 1.54) is 36.6 Å². The summed E-state index contributed by atoms with van der Waals surface area (Å²) >= 11 is 0. The van der Waals surface area contributed by atoms with E-state index in [0.29, 0.717) is 29.8 Å². The predicted molar refractivity (Wildman–Crippen MR) is 140 cm³/mol. The summed E-state index contributed by atoms with van der Waals surface area (Å²) in [5, 5.41) is 9.87. The smallest absolute Gasteiger partial charge is 0.268 e. The third kappa shape index (κ3) is 4.04. The predicted octanol–water partition coefficient (Wildman–Crippen LogP) is 1.96. The van der Waals surface area contributed by atoms with Crippen LogP contribution in [0.25, 0.3) is 0 Å². The molecular weight excluding hydrogens is 501 g/mol. The number of aliphatic hydroxyl groups excluding tert-OH is 1. The van der Waals surface area contributed by atoms with Crippen molar-refractivity contribution in [3.05, 3.63) is 29.5 Å². The zero-order chi connectivity index (χ0) is 27.0. The van der Waals surface area contributed by atoms with Crippen LogP contribution in [0, 0.1) is 24.7 Å². The number of morpholine rings is 1. The van der Waals surface area contributed by atoms with Crippen molar-refractivity contribution in [1.82, 2.24) is 19.4 Å². The summed E-state index contributed by atoms with van der Waals surface area (Å²) in [5.41, 5.74) is 7.20. The Balaban J connectivity index is 1.30. The van der Waals surface area contributed by atoms with Gasteiger partial charge in [-0.3, -0.25) is 19.1 Å². The van der Waals surface area contributed by atoms with Crippen LogP contribution in [0.4, 0.5) is 4.39 Å². The molecule has 3 N–H and O–H groups in total. The Kier molecular flexibility index (Phi) is 6.45. The summed E-state index contributed by atoms with van der Waals surface area (Å²) in [7, 11) is 0. The number of carbonyl (C=O) groups is 2. The second-order valence-electron chi connectivity index (χ2n) is 12.8. The first kappa shape index (κ1) is 25.8. The Morgan fingerprint density at radius 1 is 1.18 bits per heavy atom. The monoisotopic (exact) mass is 541 g/mol. The lowest BCUT2D eigenvalue weighted by Gasteiger charge is -2.61. The van der Waals surface area contributed by atoms with Gasteiger partial charge in [0, 0.05) is 31.2 Å². The number of Topliss-reactive ketones (excluding diaryl/α,β-unsaturated/α-hetero) is 1. The molecule has 3 aliphatic carbocycles. The molecule has 7 rings (SSSR count). The number of rotatable bonds is 3. The van der Waals surface area contributed by atoms with Crippen molar-refractivity contribution in [3.8, 4) is 0 Å². The number of imidazole rings is 1. The van der Waals surface area contributed by atoms with Gasteiger partial charge < -0.3 is 20.5 Å². The minimum Gasteiger partial charge on any atom is -0.390 e. The van der Waals surface area contributed by atoms with Crippen LogP contribution in [0.5, 0.6) is 0 Å². The van der Waals surface area contributed by atoms with Crippen LogP contribution in [-0.4, -0.2) is 91.8 Å². The summed E-state index contributed by atoms with van der Waals surface area (Å²) in [4.78, 5) is 36.3. The maximum atomic E-state index is 16.1. The first-order valence-corrected chi connectivity index (χ1v) is 14.9. The van der Waals surface area contributed by atoms with Crippen LogP contribution < -0.4 is 5.73 Å². The molecule has 3 saturated carbocycles. The second kappa shape index (κ2) is 9.75. The number of allylic oxidation sites excluding steroid dienone is 1. The second-order valence-corrected chi connectivity index (χ2v) is 12.8. The molecule has 10 atom stereocenters. The molecule has 9 nitrogen and oxygen atoms in total. The molecule has 0 spiro atoms. The molecule has 6 aliphatic rings. The molecule has 212 valence electrons. The molecule has 10 unspecified atom stereocenters. The van der Waals surface area contributed by atoms with Gasteiger partial charge in [0.15, 0.2) is 5.78 Å². The minimum atomic E-state index is -1.24. The average Bonchev–Trinajstić information content (AvgIpc) is 3.53. The van der Waals surface area contributed by atoms with Crippen molar-refractivity contribution in [3.63, 3.8) is 0 Å². The van der Waals surface area contributed by atoms with Gasteiger partial charge in [0.2, 0.25) is 0 Å². The zero-order valence-corrected chi connectivity index (χ0v) is 22.6. The number of carbonyl (C=O) groups excluding carboxylic acids is 2. The normalized spacial score (nSPS) is 42.0. The molecule has 10 heteroatoms. The lowest BCUT2D eigenvalue weighted by Crippen LogP contribution is -2.73. The topological polar surface area (TPSA) is 114 Å². The number of fused-ring (bicyclic) bond motifs is 3. The van der Waals surface area contributed by atoms with E-state index in [9.17, 15) is 14.7 Å². The number of hydrogen-bond donors (Lipinski definition) is 2. The number of nitrogens with zero attached hydrogens (tertiary/aromatic N) is 4. The number of alkyl halides is 1. The molecule has 1 aromatic heterocycles. The van der Waals surface area contributed by atoms with Crippen LogP contribution in [0.2, 0.25) is 0 Å². The number of aromatic nitrogens is 2. The summed E-state index contributed by atoms with van der Waals surface area (Å²) in [6.45, 7) is 2.74. The molecule has 39 heavy (non-hydrogen) atoms.